The molecule has 1 saturated carbocycles. The number of halogens is 3. The van der Waals surface area contributed by atoms with Crippen LogP contribution in [0.4, 0.5) is 13.2 Å². The molecule has 20 heavy (non-hydrogen) atoms. The van der Waals surface area contributed by atoms with Gasteiger partial charge in [0.15, 0.2) is 0 Å². The van der Waals surface area contributed by atoms with Gasteiger partial charge in [0, 0.05) is 0 Å². The summed E-state index contributed by atoms with van der Waals surface area (Å²) in [7, 11) is 0. The van der Waals surface area contributed by atoms with Gasteiger partial charge in [0.25, 0.3) is 0 Å². The number of benzene rings is 1. The van der Waals surface area contributed by atoms with Crippen molar-refractivity contribution in [3.05, 3.63) is 35.4 Å². The molecular formula is C16H18F3N. The van der Waals surface area contributed by atoms with Gasteiger partial charge in [-0.25, -0.2) is 0 Å². The molecule has 1 aliphatic rings. The van der Waals surface area contributed by atoms with Crippen LogP contribution in [-0.4, -0.2) is 0 Å². The third-order valence-electron chi connectivity index (χ3n) is 4.37. The smallest absolute Gasteiger partial charge is 0.197 e. The molecule has 0 unspecified atom stereocenters. The van der Waals surface area contributed by atoms with Crippen LogP contribution in [0.5, 0.6) is 0 Å². The quantitative estimate of drug-likeness (QED) is 0.716. The van der Waals surface area contributed by atoms with E-state index in [1.165, 1.54) is 6.07 Å². The molecule has 1 aromatic rings. The second-order valence-electron chi connectivity index (χ2n) is 6.74. The van der Waals surface area contributed by atoms with Crippen molar-refractivity contribution < 1.29 is 13.2 Å². The zero-order valence-electron chi connectivity index (χ0n) is 11.9. The maximum absolute atomic E-state index is 12.8. The Kier molecular flexibility index (Phi) is 3.36. The normalized spacial score (nSPS) is 26.8. The molecule has 1 fully saturated rings. The molecular weight excluding hydrogens is 263 g/mol. The van der Waals surface area contributed by atoms with Gasteiger partial charge in [0.05, 0.1) is 17.0 Å². The summed E-state index contributed by atoms with van der Waals surface area (Å²) in [5, 5.41) is 9.44. The molecule has 0 aliphatic heterocycles. The second kappa shape index (κ2) is 4.51. The molecule has 0 bridgehead atoms. The molecule has 0 aromatic heterocycles. The number of nitrogens with zero attached hydrogens (tertiary/aromatic N) is 1. The highest BCUT2D eigenvalue weighted by molar-refractivity contribution is 5.39. The van der Waals surface area contributed by atoms with Gasteiger partial charge in [0.1, 0.15) is 0 Å². The number of hydrogen-bond acceptors (Lipinski definition) is 1. The molecule has 0 atom stereocenters. The first kappa shape index (κ1) is 14.9. The summed E-state index contributed by atoms with van der Waals surface area (Å²) in [6.45, 7) is 6.31. The van der Waals surface area contributed by atoms with Crippen molar-refractivity contribution in [2.75, 3.05) is 0 Å². The van der Waals surface area contributed by atoms with Crippen molar-refractivity contribution in [2.24, 2.45) is 11.3 Å². The van der Waals surface area contributed by atoms with E-state index in [1.807, 2.05) is 0 Å². The van der Waals surface area contributed by atoms with E-state index < -0.39 is 17.2 Å². The van der Waals surface area contributed by atoms with Crippen LogP contribution < -0.4 is 0 Å². The van der Waals surface area contributed by atoms with Crippen LogP contribution in [0.15, 0.2) is 24.3 Å². The van der Waals surface area contributed by atoms with Crippen molar-refractivity contribution in [2.45, 2.75) is 45.2 Å². The first-order valence-corrected chi connectivity index (χ1v) is 6.67. The minimum Gasteiger partial charge on any atom is -0.197 e. The Labute approximate surface area is 117 Å². The molecule has 0 spiro atoms. The minimum atomic E-state index is -4.36. The van der Waals surface area contributed by atoms with E-state index in [4.69, 9.17) is 0 Å². The molecule has 1 nitrogen and oxygen atoms in total. The lowest BCUT2D eigenvalue weighted by Crippen LogP contribution is -2.45. The fraction of sp³-hybridized carbons (Fsp3) is 0.562. The topological polar surface area (TPSA) is 23.8 Å². The molecule has 108 valence electrons. The second-order valence-corrected chi connectivity index (χ2v) is 6.74. The van der Waals surface area contributed by atoms with Gasteiger partial charge in [-0.1, -0.05) is 39.0 Å². The fourth-order valence-corrected chi connectivity index (χ4v) is 2.78. The lowest BCUT2D eigenvalue weighted by atomic mass is 9.53. The lowest BCUT2D eigenvalue weighted by Gasteiger charge is -2.49. The van der Waals surface area contributed by atoms with Crippen molar-refractivity contribution >= 4 is 0 Å². The van der Waals surface area contributed by atoms with E-state index in [0.29, 0.717) is 24.3 Å². The van der Waals surface area contributed by atoms with E-state index in [2.05, 4.69) is 26.8 Å². The van der Waals surface area contributed by atoms with Crippen LogP contribution in [0.3, 0.4) is 0 Å². The highest BCUT2D eigenvalue weighted by Crippen LogP contribution is 2.54. The molecule has 0 saturated heterocycles. The SMILES string of the molecule is CC(C)(C)C1CC(C#N)(c2cccc(C(F)(F)F)c2)C1. The Bertz CT molecular complexity index is 540. The van der Waals surface area contributed by atoms with E-state index in [9.17, 15) is 18.4 Å². The molecule has 0 radical (unpaired) electrons. The van der Waals surface area contributed by atoms with Crippen LogP contribution in [-0.2, 0) is 11.6 Å². The van der Waals surface area contributed by atoms with E-state index in [-0.39, 0.29) is 5.41 Å². The molecule has 1 aliphatic carbocycles. The van der Waals surface area contributed by atoms with Crippen molar-refractivity contribution in [1.82, 2.24) is 0 Å². The summed E-state index contributed by atoms with van der Waals surface area (Å²) in [6.07, 6.45) is -3.09. The Morgan fingerprint density at radius 3 is 2.25 bits per heavy atom. The predicted octanol–water partition coefficient (Wildman–Crippen LogP) is 4.92. The highest BCUT2D eigenvalue weighted by atomic mass is 19.4. The average Bonchev–Trinajstić information content (AvgIpc) is 2.26. The molecule has 0 amide bonds. The first-order valence-electron chi connectivity index (χ1n) is 6.67. The van der Waals surface area contributed by atoms with Crippen LogP contribution in [0.2, 0.25) is 0 Å². The van der Waals surface area contributed by atoms with Gasteiger partial charge < -0.3 is 0 Å². The summed E-state index contributed by atoms with van der Waals surface area (Å²) in [4.78, 5) is 0. The van der Waals surface area contributed by atoms with Gasteiger partial charge >= 0.3 is 6.18 Å². The monoisotopic (exact) mass is 281 g/mol. The Balaban J connectivity index is 2.30. The Morgan fingerprint density at radius 1 is 1.20 bits per heavy atom. The zero-order chi connectivity index (χ0) is 15.2. The summed E-state index contributed by atoms with van der Waals surface area (Å²) in [5.74, 6) is 0.372. The lowest BCUT2D eigenvalue weighted by molar-refractivity contribution is -0.137. The average molecular weight is 281 g/mol. The number of nitriles is 1. The van der Waals surface area contributed by atoms with Gasteiger partial charge in [-0.05, 0) is 35.8 Å². The third kappa shape index (κ3) is 2.54. The van der Waals surface area contributed by atoms with Crippen LogP contribution >= 0.6 is 0 Å². The zero-order valence-corrected chi connectivity index (χ0v) is 11.9. The van der Waals surface area contributed by atoms with Gasteiger partial charge in [0.2, 0.25) is 0 Å². The highest BCUT2D eigenvalue weighted by Gasteiger charge is 2.50. The van der Waals surface area contributed by atoms with E-state index >= 15 is 0 Å². The minimum absolute atomic E-state index is 0.0853. The van der Waals surface area contributed by atoms with Crippen molar-refractivity contribution in [3.8, 4) is 6.07 Å². The summed E-state index contributed by atoms with van der Waals surface area (Å²) in [5.41, 5.74) is -0.847. The van der Waals surface area contributed by atoms with Crippen LogP contribution in [0.1, 0.15) is 44.7 Å². The Hall–Kier alpha value is -1.50. The molecule has 0 heterocycles. The molecule has 4 heteroatoms. The molecule has 2 rings (SSSR count). The number of alkyl halides is 3. The molecule has 0 N–H and O–H groups in total. The van der Waals surface area contributed by atoms with Gasteiger partial charge in [-0.3, -0.25) is 0 Å². The maximum Gasteiger partial charge on any atom is 0.416 e. The summed E-state index contributed by atoms with van der Waals surface area (Å²) < 4.78 is 38.3. The summed E-state index contributed by atoms with van der Waals surface area (Å²) in [6, 6.07) is 7.45. The number of hydrogen-bond donors (Lipinski definition) is 0. The van der Waals surface area contributed by atoms with Gasteiger partial charge in [-0.15, -0.1) is 0 Å². The van der Waals surface area contributed by atoms with Gasteiger partial charge in [-0.2, -0.15) is 18.4 Å². The predicted molar refractivity (Wildman–Crippen MR) is 70.9 cm³/mol. The standard InChI is InChI=1S/C16H18F3N/c1-14(2,3)13-8-15(9-13,10-20)11-5-4-6-12(7-11)16(17,18)19/h4-7,13H,8-9H2,1-3H3. The summed E-state index contributed by atoms with van der Waals surface area (Å²) >= 11 is 0. The van der Waals surface area contributed by atoms with Crippen molar-refractivity contribution in [1.29, 1.82) is 5.26 Å². The van der Waals surface area contributed by atoms with Crippen LogP contribution in [0, 0.1) is 22.7 Å². The molecule has 1 aromatic carbocycles. The number of rotatable bonds is 1. The first-order chi connectivity index (χ1) is 9.08. The van der Waals surface area contributed by atoms with Crippen LogP contribution in [0.25, 0.3) is 0 Å². The van der Waals surface area contributed by atoms with E-state index in [1.54, 1.807) is 6.07 Å². The Morgan fingerprint density at radius 2 is 1.80 bits per heavy atom. The van der Waals surface area contributed by atoms with Crippen molar-refractivity contribution in [3.63, 3.8) is 0 Å². The fourth-order valence-electron chi connectivity index (χ4n) is 2.78. The van der Waals surface area contributed by atoms with E-state index in [0.717, 1.165) is 12.1 Å². The third-order valence-corrected chi connectivity index (χ3v) is 4.37. The maximum atomic E-state index is 12.8. The largest absolute Gasteiger partial charge is 0.416 e.